The van der Waals surface area contributed by atoms with E-state index in [0.29, 0.717) is 12.3 Å². The second-order valence-electron chi connectivity index (χ2n) is 2.85. The van der Waals surface area contributed by atoms with Crippen molar-refractivity contribution in [3.63, 3.8) is 0 Å². The molecule has 0 amide bonds. The van der Waals surface area contributed by atoms with Crippen molar-refractivity contribution in [2.75, 3.05) is 12.3 Å². The van der Waals surface area contributed by atoms with Gasteiger partial charge in [-0.15, -0.1) is 12.3 Å². The molecule has 1 aromatic rings. The summed E-state index contributed by atoms with van der Waals surface area (Å²) in [7, 11) is 0. The summed E-state index contributed by atoms with van der Waals surface area (Å²) >= 11 is 3.38. The lowest BCUT2D eigenvalue weighted by atomic mass is 10.3. The fraction of sp³-hybridized carbons (Fsp3) is 0.273. The van der Waals surface area contributed by atoms with Gasteiger partial charge in [-0.25, -0.2) is 0 Å². The fourth-order valence-electron chi connectivity index (χ4n) is 0.987. The van der Waals surface area contributed by atoms with Gasteiger partial charge in [0.1, 0.15) is 5.75 Å². The first-order valence-corrected chi connectivity index (χ1v) is 5.14. The second-order valence-corrected chi connectivity index (χ2v) is 3.70. The van der Waals surface area contributed by atoms with Gasteiger partial charge in [0.2, 0.25) is 0 Å². The summed E-state index contributed by atoms with van der Waals surface area (Å²) in [5.41, 5.74) is 6.32. The summed E-state index contributed by atoms with van der Waals surface area (Å²) in [6, 6.07) is 5.48. The van der Waals surface area contributed by atoms with Crippen molar-refractivity contribution in [2.45, 2.75) is 12.8 Å². The van der Waals surface area contributed by atoms with Gasteiger partial charge in [-0.2, -0.15) is 0 Å². The Labute approximate surface area is 92.6 Å². The number of halogens is 1. The molecule has 0 radical (unpaired) electrons. The molecule has 0 heterocycles. The highest BCUT2D eigenvalue weighted by molar-refractivity contribution is 9.10. The van der Waals surface area contributed by atoms with Crippen LogP contribution in [-0.2, 0) is 0 Å². The van der Waals surface area contributed by atoms with Crippen LogP contribution in [0, 0.1) is 12.3 Å². The van der Waals surface area contributed by atoms with Gasteiger partial charge in [0.05, 0.1) is 11.1 Å². The van der Waals surface area contributed by atoms with E-state index in [0.717, 1.165) is 23.1 Å². The van der Waals surface area contributed by atoms with Crippen LogP contribution in [0.4, 0.5) is 5.69 Å². The Bertz CT molecular complexity index is 344. The van der Waals surface area contributed by atoms with E-state index in [-0.39, 0.29) is 0 Å². The van der Waals surface area contributed by atoms with Crippen LogP contribution in [0.25, 0.3) is 0 Å². The van der Waals surface area contributed by atoms with E-state index < -0.39 is 0 Å². The van der Waals surface area contributed by atoms with Crippen LogP contribution in [0.1, 0.15) is 12.8 Å². The monoisotopic (exact) mass is 253 g/mol. The molecule has 0 unspecified atom stereocenters. The molecule has 74 valence electrons. The molecule has 3 heteroatoms. The summed E-state index contributed by atoms with van der Waals surface area (Å²) in [5, 5.41) is 0. The highest BCUT2D eigenvalue weighted by atomic mass is 79.9. The smallest absolute Gasteiger partial charge is 0.135 e. The molecule has 0 aliphatic carbocycles. The number of nitrogens with two attached hydrogens (primary N) is 1. The molecule has 0 spiro atoms. The zero-order valence-corrected chi connectivity index (χ0v) is 9.38. The van der Waals surface area contributed by atoms with E-state index in [2.05, 4.69) is 21.9 Å². The first-order valence-electron chi connectivity index (χ1n) is 4.35. The van der Waals surface area contributed by atoms with Crippen LogP contribution in [0.3, 0.4) is 0 Å². The van der Waals surface area contributed by atoms with Crippen molar-refractivity contribution >= 4 is 21.6 Å². The number of ether oxygens (including phenoxy) is 1. The van der Waals surface area contributed by atoms with E-state index in [9.17, 15) is 0 Å². The quantitative estimate of drug-likeness (QED) is 0.509. The van der Waals surface area contributed by atoms with Crippen LogP contribution in [0.15, 0.2) is 22.7 Å². The molecule has 1 aromatic carbocycles. The standard InChI is InChI=1S/C11H12BrNO/c1-2-3-4-7-14-11-8-9(13)5-6-10(11)12/h1,5-6,8H,3-4,7,13H2. The Kier molecular flexibility index (Phi) is 4.34. The number of rotatable bonds is 4. The molecule has 0 aliphatic heterocycles. The molecular formula is C11H12BrNO. The molecule has 2 N–H and O–H groups in total. The second kappa shape index (κ2) is 5.56. The predicted molar refractivity (Wildman–Crippen MR) is 62.1 cm³/mol. The lowest BCUT2D eigenvalue weighted by Gasteiger charge is -2.07. The topological polar surface area (TPSA) is 35.2 Å². The van der Waals surface area contributed by atoms with E-state index in [1.165, 1.54) is 0 Å². The number of terminal acetylenes is 1. The van der Waals surface area contributed by atoms with Gasteiger partial charge < -0.3 is 10.5 Å². The van der Waals surface area contributed by atoms with Gasteiger partial charge in [-0.1, -0.05) is 0 Å². The number of nitrogen functional groups attached to an aromatic ring is 1. The molecule has 2 nitrogen and oxygen atoms in total. The SMILES string of the molecule is C#CCCCOc1cc(N)ccc1Br. The Morgan fingerprint density at radius 2 is 2.29 bits per heavy atom. The first-order chi connectivity index (χ1) is 6.74. The molecule has 0 aromatic heterocycles. The summed E-state index contributed by atoms with van der Waals surface area (Å²) < 4.78 is 6.41. The Morgan fingerprint density at radius 1 is 1.50 bits per heavy atom. The fourth-order valence-corrected chi connectivity index (χ4v) is 1.35. The molecular weight excluding hydrogens is 242 g/mol. The lowest BCUT2D eigenvalue weighted by molar-refractivity contribution is 0.311. The molecule has 1 rings (SSSR count). The van der Waals surface area contributed by atoms with Gasteiger partial charge in [0.25, 0.3) is 0 Å². The third kappa shape index (κ3) is 3.31. The number of benzene rings is 1. The molecule has 0 aliphatic rings. The molecule has 14 heavy (non-hydrogen) atoms. The number of hydrogen-bond donors (Lipinski definition) is 1. The molecule has 0 atom stereocenters. The maximum Gasteiger partial charge on any atom is 0.135 e. The van der Waals surface area contributed by atoms with E-state index in [1.54, 1.807) is 6.07 Å². The summed E-state index contributed by atoms with van der Waals surface area (Å²) in [6.07, 6.45) is 6.72. The third-order valence-electron chi connectivity index (χ3n) is 1.68. The minimum atomic E-state index is 0.617. The highest BCUT2D eigenvalue weighted by Gasteiger charge is 2.00. The Morgan fingerprint density at radius 3 is 3.00 bits per heavy atom. The van der Waals surface area contributed by atoms with Gasteiger partial charge >= 0.3 is 0 Å². The van der Waals surface area contributed by atoms with Crippen LogP contribution in [0.5, 0.6) is 5.75 Å². The number of hydrogen-bond acceptors (Lipinski definition) is 2. The van der Waals surface area contributed by atoms with Crippen LogP contribution in [-0.4, -0.2) is 6.61 Å². The van der Waals surface area contributed by atoms with E-state index >= 15 is 0 Å². The average Bonchev–Trinajstić information content (AvgIpc) is 2.18. The normalized spacial score (nSPS) is 9.43. The van der Waals surface area contributed by atoms with Gasteiger partial charge in [-0.3, -0.25) is 0 Å². The van der Waals surface area contributed by atoms with Crippen molar-refractivity contribution in [1.82, 2.24) is 0 Å². The van der Waals surface area contributed by atoms with Crippen molar-refractivity contribution < 1.29 is 4.74 Å². The van der Waals surface area contributed by atoms with Gasteiger partial charge in [0, 0.05) is 18.2 Å². The molecule has 0 saturated heterocycles. The first kappa shape index (κ1) is 10.9. The number of anilines is 1. The maximum atomic E-state index is 5.62. The van der Waals surface area contributed by atoms with Gasteiger partial charge in [0.15, 0.2) is 0 Å². The van der Waals surface area contributed by atoms with Crippen molar-refractivity contribution in [2.24, 2.45) is 0 Å². The minimum Gasteiger partial charge on any atom is -0.492 e. The largest absolute Gasteiger partial charge is 0.492 e. The molecule has 0 bridgehead atoms. The molecule has 0 saturated carbocycles. The van der Waals surface area contributed by atoms with E-state index in [4.69, 9.17) is 16.9 Å². The third-order valence-corrected chi connectivity index (χ3v) is 2.33. The predicted octanol–water partition coefficient (Wildman–Crippen LogP) is 2.82. The van der Waals surface area contributed by atoms with Crippen molar-refractivity contribution in [3.05, 3.63) is 22.7 Å². The summed E-state index contributed by atoms with van der Waals surface area (Å²) in [4.78, 5) is 0. The Hall–Kier alpha value is -1.14. The Balaban J connectivity index is 2.50. The van der Waals surface area contributed by atoms with Crippen LogP contribution >= 0.6 is 15.9 Å². The highest BCUT2D eigenvalue weighted by Crippen LogP contribution is 2.27. The lowest BCUT2D eigenvalue weighted by Crippen LogP contribution is -1.98. The average molecular weight is 254 g/mol. The van der Waals surface area contributed by atoms with Gasteiger partial charge in [-0.05, 0) is 34.5 Å². The molecule has 0 fully saturated rings. The van der Waals surface area contributed by atoms with E-state index in [1.807, 2.05) is 12.1 Å². The summed E-state index contributed by atoms with van der Waals surface area (Å²) in [5.74, 6) is 3.33. The van der Waals surface area contributed by atoms with Crippen LogP contribution in [0.2, 0.25) is 0 Å². The minimum absolute atomic E-state index is 0.617. The zero-order chi connectivity index (χ0) is 10.4. The van der Waals surface area contributed by atoms with Crippen LogP contribution < -0.4 is 10.5 Å². The van der Waals surface area contributed by atoms with Crippen molar-refractivity contribution in [3.8, 4) is 18.1 Å². The summed E-state index contributed by atoms with van der Waals surface area (Å²) in [6.45, 7) is 0.617. The van der Waals surface area contributed by atoms with Crippen molar-refractivity contribution in [1.29, 1.82) is 0 Å². The maximum absolute atomic E-state index is 5.62. The zero-order valence-electron chi connectivity index (χ0n) is 7.79. The number of unbranched alkanes of at least 4 members (excludes halogenated alkanes) is 1.